The molecular formula is C18H27N3O2. The van der Waals surface area contributed by atoms with Crippen molar-refractivity contribution in [3.63, 3.8) is 0 Å². The van der Waals surface area contributed by atoms with Crippen LogP contribution in [0.25, 0.3) is 0 Å². The summed E-state index contributed by atoms with van der Waals surface area (Å²) in [4.78, 5) is 28.2. The van der Waals surface area contributed by atoms with E-state index in [0.29, 0.717) is 19.6 Å². The molecule has 0 radical (unpaired) electrons. The zero-order chi connectivity index (χ0) is 16.5. The zero-order valence-electron chi connectivity index (χ0n) is 14.0. The van der Waals surface area contributed by atoms with E-state index in [0.717, 1.165) is 44.5 Å². The Bertz CT molecular complexity index is 496. The molecule has 0 saturated carbocycles. The van der Waals surface area contributed by atoms with Crippen molar-refractivity contribution in [3.8, 4) is 0 Å². The van der Waals surface area contributed by atoms with Gasteiger partial charge in [-0.15, -0.1) is 0 Å². The summed E-state index contributed by atoms with van der Waals surface area (Å²) >= 11 is 0. The lowest BCUT2D eigenvalue weighted by Gasteiger charge is -2.34. The topological polar surface area (TPSA) is 52.7 Å². The number of carbonyl (C=O) groups is 2. The molecule has 1 aliphatic heterocycles. The number of carbonyl (C=O) groups excluding carboxylic acids is 2. The Morgan fingerprint density at radius 3 is 2.39 bits per heavy atom. The summed E-state index contributed by atoms with van der Waals surface area (Å²) in [5.74, 6) is 0.165. The molecule has 126 valence electrons. The van der Waals surface area contributed by atoms with Gasteiger partial charge in [-0.2, -0.15) is 0 Å². The lowest BCUT2D eigenvalue weighted by Crippen LogP contribution is -2.51. The number of rotatable bonds is 7. The Kier molecular flexibility index (Phi) is 7.07. The second kappa shape index (κ2) is 9.30. The van der Waals surface area contributed by atoms with Crippen molar-refractivity contribution in [2.45, 2.75) is 26.2 Å². The van der Waals surface area contributed by atoms with Crippen LogP contribution in [-0.2, 0) is 4.79 Å². The third-order valence-electron chi connectivity index (χ3n) is 4.15. The largest absolute Gasteiger partial charge is 0.355 e. The molecule has 0 aromatic heterocycles. The van der Waals surface area contributed by atoms with Gasteiger partial charge in [0.05, 0.1) is 6.54 Å². The predicted molar refractivity (Wildman–Crippen MR) is 91.3 cm³/mol. The van der Waals surface area contributed by atoms with E-state index >= 15 is 0 Å². The van der Waals surface area contributed by atoms with Crippen molar-refractivity contribution in [3.05, 3.63) is 35.9 Å². The van der Waals surface area contributed by atoms with Crippen LogP contribution in [0.1, 0.15) is 36.5 Å². The summed E-state index contributed by atoms with van der Waals surface area (Å²) in [6, 6.07) is 9.36. The maximum atomic E-state index is 12.4. The van der Waals surface area contributed by atoms with Crippen molar-refractivity contribution in [1.82, 2.24) is 15.1 Å². The van der Waals surface area contributed by atoms with Crippen LogP contribution in [0, 0.1) is 0 Å². The van der Waals surface area contributed by atoms with E-state index < -0.39 is 0 Å². The van der Waals surface area contributed by atoms with E-state index in [1.807, 2.05) is 35.2 Å². The van der Waals surface area contributed by atoms with E-state index in [2.05, 4.69) is 17.1 Å². The van der Waals surface area contributed by atoms with Crippen molar-refractivity contribution >= 4 is 11.8 Å². The molecule has 0 bridgehead atoms. The molecule has 5 nitrogen and oxygen atoms in total. The molecule has 1 aromatic carbocycles. The Morgan fingerprint density at radius 1 is 1.04 bits per heavy atom. The highest BCUT2D eigenvalue weighted by molar-refractivity contribution is 5.94. The molecule has 1 fully saturated rings. The van der Waals surface area contributed by atoms with Crippen LogP contribution in [0.3, 0.4) is 0 Å². The Hall–Kier alpha value is -1.88. The predicted octanol–water partition coefficient (Wildman–Crippen LogP) is 1.75. The number of hydrogen-bond donors (Lipinski definition) is 1. The first kappa shape index (κ1) is 17.5. The maximum Gasteiger partial charge on any atom is 0.253 e. The molecule has 1 saturated heterocycles. The van der Waals surface area contributed by atoms with Crippen LogP contribution in [0.5, 0.6) is 0 Å². The summed E-state index contributed by atoms with van der Waals surface area (Å²) in [6.45, 7) is 6.20. The zero-order valence-corrected chi connectivity index (χ0v) is 14.0. The molecule has 1 N–H and O–H groups in total. The molecule has 2 amide bonds. The van der Waals surface area contributed by atoms with Crippen molar-refractivity contribution in [1.29, 1.82) is 0 Å². The highest BCUT2D eigenvalue weighted by Gasteiger charge is 2.22. The fourth-order valence-corrected chi connectivity index (χ4v) is 2.73. The Morgan fingerprint density at radius 2 is 1.74 bits per heavy atom. The third-order valence-corrected chi connectivity index (χ3v) is 4.15. The maximum absolute atomic E-state index is 12.4. The fraction of sp³-hybridized carbons (Fsp3) is 0.556. The second-order valence-corrected chi connectivity index (χ2v) is 5.99. The second-order valence-electron chi connectivity index (χ2n) is 5.99. The summed E-state index contributed by atoms with van der Waals surface area (Å²) in [5.41, 5.74) is 0.731. The van der Waals surface area contributed by atoms with Gasteiger partial charge < -0.3 is 10.2 Å². The summed E-state index contributed by atoms with van der Waals surface area (Å²) in [7, 11) is 0. The molecule has 0 aliphatic carbocycles. The van der Waals surface area contributed by atoms with Gasteiger partial charge in [-0.3, -0.25) is 14.5 Å². The van der Waals surface area contributed by atoms with Gasteiger partial charge in [-0.1, -0.05) is 38.0 Å². The van der Waals surface area contributed by atoms with Crippen LogP contribution in [-0.4, -0.2) is 60.9 Å². The average Bonchev–Trinajstić information content (AvgIpc) is 2.59. The van der Waals surface area contributed by atoms with E-state index in [4.69, 9.17) is 0 Å². The normalized spacial score (nSPS) is 15.4. The van der Waals surface area contributed by atoms with E-state index in [1.165, 1.54) is 0 Å². The minimum atomic E-state index is 0.0780. The van der Waals surface area contributed by atoms with Gasteiger partial charge in [-0.25, -0.2) is 0 Å². The molecule has 23 heavy (non-hydrogen) atoms. The quantitative estimate of drug-likeness (QED) is 0.780. The summed E-state index contributed by atoms with van der Waals surface area (Å²) in [5, 5.41) is 2.96. The van der Waals surface area contributed by atoms with Crippen molar-refractivity contribution in [2.24, 2.45) is 0 Å². The number of amides is 2. The number of nitrogens with zero attached hydrogens (tertiary/aromatic N) is 2. The Labute approximate surface area is 138 Å². The number of nitrogens with one attached hydrogen (secondary N) is 1. The molecule has 1 heterocycles. The first-order chi connectivity index (χ1) is 11.2. The van der Waals surface area contributed by atoms with Gasteiger partial charge in [0.2, 0.25) is 5.91 Å². The SMILES string of the molecule is CCCCCNC(=O)CN1CCN(C(=O)c2ccccc2)CC1. The van der Waals surface area contributed by atoms with E-state index in [-0.39, 0.29) is 11.8 Å². The first-order valence-electron chi connectivity index (χ1n) is 8.54. The molecule has 5 heteroatoms. The van der Waals surface area contributed by atoms with Crippen LogP contribution in [0.2, 0.25) is 0 Å². The molecule has 0 unspecified atom stereocenters. The summed E-state index contributed by atoms with van der Waals surface area (Å²) < 4.78 is 0. The number of benzene rings is 1. The smallest absolute Gasteiger partial charge is 0.253 e. The first-order valence-corrected chi connectivity index (χ1v) is 8.54. The number of piperazine rings is 1. The highest BCUT2D eigenvalue weighted by Crippen LogP contribution is 2.08. The van der Waals surface area contributed by atoms with Gasteiger partial charge >= 0.3 is 0 Å². The lowest BCUT2D eigenvalue weighted by atomic mass is 10.2. The van der Waals surface area contributed by atoms with E-state index in [9.17, 15) is 9.59 Å². The minimum absolute atomic E-state index is 0.0780. The molecule has 2 rings (SSSR count). The van der Waals surface area contributed by atoms with Gasteiger partial charge in [0.15, 0.2) is 0 Å². The molecule has 1 aliphatic rings. The molecule has 0 spiro atoms. The highest BCUT2D eigenvalue weighted by atomic mass is 16.2. The van der Waals surface area contributed by atoms with Crippen LogP contribution in [0.15, 0.2) is 30.3 Å². The average molecular weight is 317 g/mol. The van der Waals surface area contributed by atoms with Crippen molar-refractivity contribution < 1.29 is 9.59 Å². The number of hydrogen-bond acceptors (Lipinski definition) is 3. The van der Waals surface area contributed by atoms with Crippen LogP contribution >= 0.6 is 0 Å². The monoisotopic (exact) mass is 317 g/mol. The standard InChI is InChI=1S/C18H27N3O2/c1-2-3-7-10-19-17(22)15-20-11-13-21(14-12-20)18(23)16-8-5-4-6-9-16/h4-6,8-9H,2-3,7,10-15H2,1H3,(H,19,22). The molecule has 1 aromatic rings. The lowest BCUT2D eigenvalue weighted by molar-refractivity contribution is -0.122. The number of unbranched alkanes of at least 4 members (excludes halogenated alkanes) is 2. The van der Waals surface area contributed by atoms with Gasteiger partial charge in [0, 0.05) is 38.3 Å². The molecule has 0 atom stereocenters. The Balaban J connectivity index is 1.69. The minimum Gasteiger partial charge on any atom is -0.355 e. The molecular weight excluding hydrogens is 290 g/mol. The summed E-state index contributed by atoms with van der Waals surface area (Å²) in [6.07, 6.45) is 3.36. The van der Waals surface area contributed by atoms with Crippen LogP contribution < -0.4 is 5.32 Å². The third kappa shape index (κ3) is 5.67. The van der Waals surface area contributed by atoms with Gasteiger partial charge in [0.25, 0.3) is 5.91 Å². The van der Waals surface area contributed by atoms with Gasteiger partial charge in [0.1, 0.15) is 0 Å². The van der Waals surface area contributed by atoms with Gasteiger partial charge in [-0.05, 0) is 18.6 Å². The van der Waals surface area contributed by atoms with Crippen LogP contribution in [0.4, 0.5) is 0 Å². The fourth-order valence-electron chi connectivity index (χ4n) is 2.73. The van der Waals surface area contributed by atoms with Crippen molar-refractivity contribution in [2.75, 3.05) is 39.3 Å². The van der Waals surface area contributed by atoms with E-state index in [1.54, 1.807) is 0 Å².